The number of carbonyl (C=O) groups excluding carboxylic acids is 2. The zero-order valence-electron chi connectivity index (χ0n) is 14.0. The van der Waals surface area contributed by atoms with Crippen LogP contribution in [-0.2, 0) is 9.59 Å². The molecule has 1 aromatic rings. The van der Waals surface area contributed by atoms with Crippen LogP contribution in [-0.4, -0.2) is 53.2 Å². The van der Waals surface area contributed by atoms with Gasteiger partial charge in [0.05, 0.1) is 0 Å². The number of amides is 2. The van der Waals surface area contributed by atoms with Crippen molar-refractivity contribution in [3.63, 3.8) is 0 Å². The molecule has 2 N–H and O–H groups in total. The second kappa shape index (κ2) is 7.07. The lowest BCUT2D eigenvalue weighted by molar-refractivity contribution is -0.144. The molecule has 1 aromatic carbocycles. The number of piperidine rings is 1. The molecule has 2 heterocycles. The summed E-state index contributed by atoms with van der Waals surface area (Å²) in [6.45, 7) is 0.764. The van der Waals surface area contributed by atoms with E-state index in [2.05, 4.69) is 0 Å². The maximum absolute atomic E-state index is 13.5. The van der Waals surface area contributed by atoms with Crippen LogP contribution in [0.2, 0.25) is 0 Å². The number of carbonyl (C=O) groups is 2. The lowest BCUT2D eigenvalue weighted by Crippen LogP contribution is -2.51. The Kier molecular flexibility index (Phi) is 5.03. The SMILES string of the molecule is NC(=O)C1CCCN1C(=O)C(c1ccccc1)N1CCC(F)(F)CC1. The molecule has 0 radical (unpaired) electrons. The highest BCUT2D eigenvalue weighted by molar-refractivity contribution is 5.90. The highest BCUT2D eigenvalue weighted by Crippen LogP contribution is 2.34. The average molecular weight is 351 g/mol. The van der Waals surface area contributed by atoms with Gasteiger partial charge in [0.1, 0.15) is 12.1 Å². The standard InChI is InChI=1S/C18H23F2N3O2/c19-18(20)8-11-22(12-9-18)15(13-5-2-1-3-6-13)17(25)23-10-4-7-14(23)16(21)24/h1-3,5-6,14-15H,4,7-12H2,(H2,21,24). The van der Waals surface area contributed by atoms with E-state index in [9.17, 15) is 18.4 Å². The minimum atomic E-state index is -2.68. The second-order valence-electron chi connectivity index (χ2n) is 6.80. The summed E-state index contributed by atoms with van der Waals surface area (Å²) in [5.74, 6) is -3.41. The van der Waals surface area contributed by atoms with Crippen LogP contribution in [0.25, 0.3) is 0 Å². The fourth-order valence-corrected chi connectivity index (χ4v) is 3.74. The van der Waals surface area contributed by atoms with Gasteiger partial charge in [-0.05, 0) is 18.4 Å². The van der Waals surface area contributed by atoms with E-state index in [0.29, 0.717) is 13.0 Å². The zero-order valence-corrected chi connectivity index (χ0v) is 14.0. The molecule has 2 aliphatic rings. The van der Waals surface area contributed by atoms with Gasteiger partial charge in [-0.1, -0.05) is 30.3 Å². The Morgan fingerprint density at radius 2 is 1.76 bits per heavy atom. The van der Waals surface area contributed by atoms with Gasteiger partial charge in [0.25, 0.3) is 5.92 Å². The number of halogens is 2. The molecule has 0 saturated carbocycles. The summed E-state index contributed by atoms with van der Waals surface area (Å²) in [6.07, 6.45) is 0.755. The number of nitrogens with two attached hydrogens (primary N) is 1. The first-order valence-electron chi connectivity index (χ1n) is 8.66. The number of alkyl halides is 2. The van der Waals surface area contributed by atoms with Gasteiger partial charge in [0.15, 0.2) is 0 Å². The van der Waals surface area contributed by atoms with Crippen LogP contribution in [0.1, 0.15) is 37.3 Å². The lowest BCUT2D eigenvalue weighted by atomic mass is 9.98. The number of benzene rings is 1. The molecule has 136 valence electrons. The first-order valence-corrected chi connectivity index (χ1v) is 8.66. The fraction of sp³-hybridized carbons (Fsp3) is 0.556. The van der Waals surface area contributed by atoms with Crippen molar-refractivity contribution in [2.45, 2.75) is 43.7 Å². The van der Waals surface area contributed by atoms with E-state index in [1.165, 1.54) is 4.90 Å². The molecule has 7 heteroatoms. The van der Waals surface area contributed by atoms with Gasteiger partial charge >= 0.3 is 0 Å². The zero-order chi connectivity index (χ0) is 18.0. The Bertz CT molecular complexity index is 628. The molecule has 25 heavy (non-hydrogen) atoms. The predicted octanol–water partition coefficient (Wildman–Crippen LogP) is 1.94. The van der Waals surface area contributed by atoms with Crippen LogP contribution in [0.5, 0.6) is 0 Å². The highest BCUT2D eigenvalue weighted by atomic mass is 19.3. The van der Waals surface area contributed by atoms with Crippen molar-refractivity contribution < 1.29 is 18.4 Å². The van der Waals surface area contributed by atoms with Crippen LogP contribution in [0.15, 0.2) is 30.3 Å². The largest absolute Gasteiger partial charge is 0.368 e. The number of hydrogen-bond donors (Lipinski definition) is 1. The van der Waals surface area contributed by atoms with Gasteiger partial charge in [-0.25, -0.2) is 8.78 Å². The molecule has 2 saturated heterocycles. The van der Waals surface area contributed by atoms with E-state index in [4.69, 9.17) is 5.73 Å². The van der Waals surface area contributed by atoms with Crippen molar-refractivity contribution in [2.75, 3.05) is 19.6 Å². The van der Waals surface area contributed by atoms with Crippen LogP contribution in [0.4, 0.5) is 8.78 Å². The Balaban J connectivity index is 1.87. The first kappa shape index (κ1) is 17.8. The number of rotatable bonds is 4. The molecular weight excluding hydrogens is 328 g/mol. The molecule has 0 aromatic heterocycles. The predicted molar refractivity (Wildman–Crippen MR) is 88.9 cm³/mol. The van der Waals surface area contributed by atoms with Crippen LogP contribution >= 0.6 is 0 Å². The lowest BCUT2D eigenvalue weighted by Gasteiger charge is -2.39. The molecule has 5 nitrogen and oxygen atoms in total. The van der Waals surface area contributed by atoms with E-state index in [1.807, 2.05) is 30.3 Å². The molecule has 0 aliphatic carbocycles. The van der Waals surface area contributed by atoms with Gasteiger partial charge in [0.2, 0.25) is 11.8 Å². The van der Waals surface area contributed by atoms with Gasteiger partial charge in [-0.2, -0.15) is 0 Å². The quantitative estimate of drug-likeness (QED) is 0.901. The van der Waals surface area contributed by atoms with E-state index in [-0.39, 0.29) is 31.8 Å². The number of nitrogens with zero attached hydrogens (tertiary/aromatic N) is 2. The summed E-state index contributed by atoms with van der Waals surface area (Å²) >= 11 is 0. The fourth-order valence-electron chi connectivity index (χ4n) is 3.74. The Morgan fingerprint density at radius 3 is 2.36 bits per heavy atom. The third-order valence-electron chi connectivity index (χ3n) is 5.11. The van der Waals surface area contributed by atoms with Crippen LogP contribution in [0.3, 0.4) is 0 Å². The summed E-state index contributed by atoms with van der Waals surface area (Å²) in [5, 5.41) is 0. The van der Waals surface area contributed by atoms with Crippen LogP contribution in [0, 0.1) is 0 Å². The maximum Gasteiger partial charge on any atom is 0.250 e. The van der Waals surface area contributed by atoms with E-state index < -0.39 is 23.9 Å². The molecule has 2 amide bonds. The van der Waals surface area contributed by atoms with Gasteiger partial charge < -0.3 is 10.6 Å². The Hall–Kier alpha value is -2.02. The van der Waals surface area contributed by atoms with Crippen molar-refractivity contribution in [1.82, 2.24) is 9.80 Å². The molecular formula is C18H23F2N3O2. The second-order valence-corrected chi connectivity index (χ2v) is 6.80. The van der Waals surface area contributed by atoms with E-state index in [0.717, 1.165) is 12.0 Å². The number of primary amides is 1. The van der Waals surface area contributed by atoms with Gasteiger partial charge in [0, 0.05) is 32.5 Å². The van der Waals surface area contributed by atoms with E-state index in [1.54, 1.807) is 4.90 Å². The van der Waals surface area contributed by atoms with Crippen LogP contribution < -0.4 is 5.73 Å². The normalized spacial score (nSPS) is 24.9. The summed E-state index contributed by atoms with van der Waals surface area (Å²) < 4.78 is 27.1. The molecule has 2 unspecified atom stereocenters. The third kappa shape index (κ3) is 3.81. The molecule has 0 bridgehead atoms. The monoisotopic (exact) mass is 351 g/mol. The number of likely N-dealkylation sites (tertiary alicyclic amines) is 2. The average Bonchev–Trinajstić information content (AvgIpc) is 3.07. The Morgan fingerprint density at radius 1 is 1.12 bits per heavy atom. The molecule has 3 rings (SSSR count). The Labute approximate surface area is 145 Å². The van der Waals surface area contributed by atoms with Crippen molar-refractivity contribution in [1.29, 1.82) is 0 Å². The topological polar surface area (TPSA) is 66.6 Å². The minimum absolute atomic E-state index is 0.146. The summed E-state index contributed by atoms with van der Waals surface area (Å²) in [6, 6.07) is 7.88. The van der Waals surface area contributed by atoms with E-state index >= 15 is 0 Å². The van der Waals surface area contributed by atoms with Crippen molar-refractivity contribution in [2.24, 2.45) is 5.73 Å². The van der Waals surface area contributed by atoms with Gasteiger partial charge in [-0.3, -0.25) is 14.5 Å². The molecule has 2 atom stereocenters. The smallest absolute Gasteiger partial charge is 0.250 e. The minimum Gasteiger partial charge on any atom is -0.368 e. The highest BCUT2D eigenvalue weighted by Gasteiger charge is 2.42. The summed E-state index contributed by atoms with van der Waals surface area (Å²) in [7, 11) is 0. The molecule has 2 fully saturated rings. The van der Waals surface area contributed by atoms with Crippen molar-refractivity contribution in [3.8, 4) is 0 Å². The van der Waals surface area contributed by atoms with Gasteiger partial charge in [-0.15, -0.1) is 0 Å². The summed E-state index contributed by atoms with van der Waals surface area (Å²) in [5.41, 5.74) is 6.19. The number of hydrogen-bond acceptors (Lipinski definition) is 3. The van der Waals surface area contributed by atoms with Crippen molar-refractivity contribution in [3.05, 3.63) is 35.9 Å². The first-order chi connectivity index (χ1) is 11.9. The molecule has 0 spiro atoms. The molecule has 2 aliphatic heterocycles. The summed E-state index contributed by atoms with van der Waals surface area (Å²) in [4.78, 5) is 28.2. The van der Waals surface area contributed by atoms with Crippen molar-refractivity contribution >= 4 is 11.8 Å². The maximum atomic E-state index is 13.5. The third-order valence-corrected chi connectivity index (χ3v) is 5.11.